The highest BCUT2D eigenvalue weighted by atomic mass is 16.5. The van der Waals surface area contributed by atoms with E-state index in [4.69, 9.17) is 4.74 Å². The fraction of sp³-hybridized carbons (Fsp3) is 0.900. The van der Waals surface area contributed by atoms with Crippen LogP contribution in [-0.2, 0) is 9.53 Å². The lowest BCUT2D eigenvalue weighted by Crippen LogP contribution is -2.20. The molecule has 0 saturated carbocycles. The monoisotopic (exact) mass is 172 g/mol. The van der Waals surface area contributed by atoms with Crippen molar-refractivity contribution < 1.29 is 9.53 Å². The van der Waals surface area contributed by atoms with Gasteiger partial charge in [-0.05, 0) is 12.3 Å². The van der Waals surface area contributed by atoms with Gasteiger partial charge in [0.25, 0.3) is 0 Å². The zero-order chi connectivity index (χ0) is 9.56. The first-order valence-corrected chi connectivity index (χ1v) is 4.76. The second kappa shape index (κ2) is 6.04. The maximum absolute atomic E-state index is 11.2. The fourth-order valence-electron chi connectivity index (χ4n) is 0.721. The van der Waals surface area contributed by atoms with E-state index in [1.165, 1.54) is 0 Å². The smallest absolute Gasteiger partial charge is 0.308 e. The average Bonchev–Trinajstić information content (AvgIpc) is 2.03. The van der Waals surface area contributed by atoms with E-state index in [0.717, 1.165) is 12.8 Å². The molecule has 0 rings (SSSR count). The average molecular weight is 172 g/mol. The van der Waals surface area contributed by atoms with Crippen molar-refractivity contribution in [2.24, 2.45) is 11.8 Å². The summed E-state index contributed by atoms with van der Waals surface area (Å²) in [6.07, 6.45) is 2.04. The third kappa shape index (κ3) is 4.37. The zero-order valence-electron chi connectivity index (χ0n) is 8.59. The Labute approximate surface area is 75.3 Å². The van der Waals surface area contributed by atoms with Crippen LogP contribution in [0.2, 0.25) is 0 Å². The van der Waals surface area contributed by atoms with Gasteiger partial charge < -0.3 is 4.74 Å². The molecule has 0 radical (unpaired) electrons. The van der Waals surface area contributed by atoms with E-state index < -0.39 is 0 Å². The molecule has 0 aromatic rings. The van der Waals surface area contributed by atoms with Crippen molar-refractivity contribution in [2.75, 3.05) is 6.61 Å². The Morgan fingerprint density at radius 1 is 1.33 bits per heavy atom. The lowest BCUT2D eigenvalue weighted by Gasteiger charge is -2.13. The van der Waals surface area contributed by atoms with Crippen LogP contribution in [0.25, 0.3) is 0 Å². The van der Waals surface area contributed by atoms with Gasteiger partial charge in [0.15, 0.2) is 0 Å². The highest BCUT2D eigenvalue weighted by molar-refractivity contribution is 5.72. The summed E-state index contributed by atoms with van der Waals surface area (Å²) in [4.78, 5) is 11.2. The minimum atomic E-state index is -0.0570. The second-order valence-electron chi connectivity index (χ2n) is 3.55. The van der Waals surface area contributed by atoms with Gasteiger partial charge in [-0.25, -0.2) is 0 Å². The number of hydrogen-bond acceptors (Lipinski definition) is 2. The Morgan fingerprint density at radius 3 is 2.33 bits per heavy atom. The molecule has 0 fully saturated rings. The topological polar surface area (TPSA) is 26.3 Å². The van der Waals surface area contributed by atoms with Gasteiger partial charge >= 0.3 is 5.97 Å². The van der Waals surface area contributed by atoms with Gasteiger partial charge in [-0.15, -0.1) is 0 Å². The summed E-state index contributed by atoms with van der Waals surface area (Å²) in [6.45, 7) is 8.64. The van der Waals surface area contributed by atoms with Gasteiger partial charge in [0.1, 0.15) is 0 Å². The Bertz CT molecular complexity index is 130. The van der Waals surface area contributed by atoms with Gasteiger partial charge in [-0.3, -0.25) is 4.79 Å². The van der Waals surface area contributed by atoms with Gasteiger partial charge in [0, 0.05) is 0 Å². The Morgan fingerprint density at radius 2 is 1.92 bits per heavy atom. The number of carbonyl (C=O) groups excluding carboxylic acids is 1. The molecule has 0 aliphatic carbocycles. The molecule has 0 amide bonds. The largest absolute Gasteiger partial charge is 0.465 e. The van der Waals surface area contributed by atoms with E-state index in [-0.39, 0.29) is 11.9 Å². The van der Waals surface area contributed by atoms with Crippen molar-refractivity contribution in [3.8, 4) is 0 Å². The van der Waals surface area contributed by atoms with Crippen molar-refractivity contribution in [2.45, 2.75) is 40.5 Å². The molecule has 72 valence electrons. The molecule has 2 nitrogen and oxygen atoms in total. The molecule has 1 unspecified atom stereocenters. The zero-order valence-corrected chi connectivity index (χ0v) is 8.59. The van der Waals surface area contributed by atoms with Crippen LogP contribution in [0.15, 0.2) is 0 Å². The first-order valence-electron chi connectivity index (χ1n) is 4.76. The Kier molecular flexibility index (Phi) is 5.77. The number of ether oxygens (including phenoxy) is 1. The van der Waals surface area contributed by atoms with Crippen molar-refractivity contribution >= 4 is 5.97 Å². The second-order valence-corrected chi connectivity index (χ2v) is 3.55. The van der Waals surface area contributed by atoms with Gasteiger partial charge in [0.05, 0.1) is 12.5 Å². The van der Waals surface area contributed by atoms with E-state index in [9.17, 15) is 4.79 Å². The molecule has 0 N–H and O–H groups in total. The number of carbonyl (C=O) groups is 1. The lowest BCUT2D eigenvalue weighted by atomic mass is 9.99. The number of esters is 1. The van der Waals surface area contributed by atoms with Gasteiger partial charge in [-0.1, -0.05) is 34.1 Å². The number of rotatable bonds is 5. The van der Waals surface area contributed by atoms with Crippen LogP contribution in [0.4, 0.5) is 0 Å². The summed E-state index contributed by atoms with van der Waals surface area (Å²) < 4.78 is 5.07. The molecule has 0 bridgehead atoms. The lowest BCUT2D eigenvalue weighted by molar-refractivity contribution is -0.149. The highest BCUT2D eigenvalue weighted by Gasteiger charge is 2.17. The summed E-state index contributed by atoms with van der Waals surface area (Å²) in [5.74, 6) is 0.347. The molecule has 0 aromatic heterocycles. The maximum Gasteiger partial charge on any atom is 0.308 e. The molecule has 12 heavy (non-hydrogen) atoms. The van der Waals surface area contributed by atoms with Crippen molar-refractivity contribution in [1.29, 1.82) is 0 Å². The molecular weight excluding hydrogens is 152 g/mol. The summed E-state index contributed by atoms with van der Waals surface area (Å²) in [7, 11) is 0. The molecule has 0 aliphatic heterocycles. The first kappa shape index (κ1) is 11.5. The van der Waals surface area contributed by atoms with Gasteiger partial charge in [0.2, 0.25) is 0 Å². The Balaban J connectivity index is 3.57. The minimum absolute atomic E-state index is 0.0295. The summed E-state index contributed by atoms with van der Waals surface area (Å²) in [6, 6.07) is 0. The van der Waals surface area contributed by atoms with E-state index in [1.807, 2.05) is 20.8 Å². The third-order valence-corrected chi connectivity index (χ3v) is 2.11. The minimum Gasteiger partial charge on any atom is -0.465 e. The van der Waals surface area contributed by atoms with Crippen LogP contribution < -0.4 is 0 Å². The summed E-state index contributed by atoms with van der Waals surface area (Å²) >= 11 is 0. The van der Waals surface area contributed by atoms with E-state index in [1.54, 1.807) is 0 Å². The van der Waals surface area contributed by atoms with E-state index >= 15 is 0 Å². The van der Waals surface area contributed by atoms with Crippen LogP contribution in [0.5, 0.6) is 0 Å². The van der Waals surface area contributed by atoms with Crippen LogP contribution in [0.1, 0.15) is 40.5 Å². The summed E-state index contributed by atoms with van der Waals surface area (Å²) in [5, 5.41) is 0. The van der Waals surface area contributed by atoms with Crippen molar-refractivity contribution in [3.05, 3.63) is 0 Å². The Hall–Kier alpha value is -0.530. The van der Waals surface area contributed by atoms with Crippen LogP contribution in [0.3, 0.4) is 0 Å². The highest BCUT2D eigenvalue weighted by Crippen LogP contribution is 2.11. The van der Waals surface area contributed by atoms with Crippen LogP contribution in [-0.4, -0.2) is 12.6 Å². The normalized spacial score (nSPS) is 13.1. The predicted octanol–water partition coefficient (Wildman–Crippen LogP) is 2.62. The number of hydrogen-bond donors (Lipinski definition) is 0. The molecular formula is C10H20O2. The van der Waals surface area contributed by atoms with Gasteiger partial charge in [-0.2, -0.15) is 0 Å². The molecule has 0 aromatic carbocycles. The maximum atomic E-state index is 11.2. The predicted molar refractivity (Wildman–Crippen MR) is 49.9 cm³/mol. The quantitative estimate of drug-likeness (QED) is 0.470. The number of unbranched alkanes of at least 4 members (excludes halogenated alkanes) is 1. The third-order valence-electron chi connectivity index (χ3n) is 2.11. The van der Waals surface area contributed by atoms with E-state index in [2.05, 4.69) is 6.92 Å². The molecule has 0 aliphatic rings. The standard InChI is InChI=1S/C10H20O2/c1-5-6-7-12-10(11)9(4)8(2)3/h8-9H,5-7H2,1-4H3. The molecule has 2 heteroatoms. The van der Waals surface area contributed by atoms with Crippen molar-refractivity contribution in [1.82, 2.24) is 0 Å². The SMILES string of the molecule is CCCCOC(=O)C(C)C(C)C. The fourth-order valence-corrected chi connectivity index (χ4v) is 0.721. The van der Waals surface area contributed by atoms with Crippen molar-refractivity contribution in [3.63, 3.8) is 0 Å². The summed E-state index contributed by atoms with van der Waals surface area (Å²) in [5.41, 5.74) is 0. The molecule has 1 atom stereocenters. The van der Waals surface area contributed by atoms with Crippen LogP contribution >= 0.6 is 0 Å². The molecule has 0 heterocycles. The van der Waals surface area contributed by atoms with Crippen LogP contribution in [0, 0.1) is 11.8 Å². The first-order chi connectivity index (χ1) is 5.59. The molecule has 0 saturated heterocycles. The molecule has 0 spiro atoms. The van der Waals surface area contributed by atoms with E-state index in [0.29, 0.717) is 12.5 Å².